The molecule has 5 N–H and O–H groups in total. The summed E-state index contributed by atoms with van der Waals surface area (Å²) in [6.45, 7) is 0.156. The summed E-state index contributed by atoms with van der Waals surface area (Å²) in [7, 11) is 1.31. The summed E-state index contributed by atoms with van der Waals surface area (Å²) in [5.74, 6) is -1.50. The second kappa shape index (κ2) is 13.9. The summed E-state index contributed by atoms with van der Waals surface area (Å²) in [5, 5.41) is 18.6. The van der Waals surface area contributed by atoms with E-state index in [9.17, 15) is 19.5 Å². The summed E-state index contributed by atoms with van der Waals surface area (Å²) < 4.78 is 11.9. The molecule has 0 bridgehead atoms. The molecular weight excluding hydrogens is 706 g/mol. The van der Waals surface area contributed by atoms with Crippen molar-refractivity contribution in [3.63, 3.8) is 0 Å². The van der Waals surface area contributed by atoms with Gasteiger partial charge in [0.15, 0.2) is 0 Å². The lowest BCUT2D eigenvalue weighted by atomic mass is 9.88. The minimum Gasteiger partial charge on any atom is -0.477 e. The molecular formula is C42H30ClN5O6. The average Bonchev–Trinajstić information content (AvgIpc) is 3.19. The highest BCUT2D eigenvalue weighted by Gasteiger charge is 2.28. The Labute approximate surface area is 312 Å². The Bertz CT molecular complexity index is 2830. The van der Waals surface area contributed by atoms with Crippen LogP contribution in [0.15, 0.2) is 119 Å². The molecule has 3 heterocycles. The number of carbonyl (C=O) groups excluding carboxylic acids is 1. The molecule has 0 radical (unpaired) electrons. The number of benzene rings is 5. The van der Waals surface area contributed by atoms with Gasteiger partial charge in [-0.15, -0.1) is 0 Å². The molecule has 0 spiro atoms. The first-order valence-corrected chi connectivity index (χ1v) is 17.2. The maximum Gasteiger partial charge on any atom is 0.354 e. The van der Waals surface area contributed by atoms with Crippen molar-refractivity contribution in [2.75, 3.05) is 23.5 Å². The number of carbonyl (C=O) groups is 2. The van der Waals surface area contributed by atoms with Crippen molar-refractivity contribution in [1.82, 2.24) is 9.97 Å². The molecule has 1 aliphatic carbocycles. The van der Waals surface area contributed by atoms with Gasteiger partial charge in [0.1, 0.15) is 17.0 Å². The molecule has 4 aromatic carbocycles. The molecule has 0 atom stereocenters. The van der Waals surface area contributed by atoms with Crippen molar-refractivity contribution in [2.45, 2.75) is 13.1 Å². The van der Waals surface area contributed by atoms with Gasteiger partial charge in [0, 0.05) is 57.8 Å². The zero-order valence-electron chi connectivity index (χ0n) is 28.6. The minimum atomic E-state index is -1.17. The number of aromatic nitrogens is 2. The third-order valence-electron chi connectivity index (χ3n) is 9.41. The van der Waals surface area contributed by atoms with E-state index >= 15 is 0 Å². The van der Waals surface area contributed by atoms with Crippen LogP contribution in [-0.4, -0.2) is 34.1 Å². The van der Waals surface area contributed by atoms with Crippen LogP contribution >= 0.6 is 11.6 Å². The lowest BCUT2D eigenvalue weighted by Gasteiger charge is -2.22. The highest BCUT2D eigenvalue weighted by Crippen LogP contribution is 2.45. The van der Waals surface area contributed by atoms with Crippen molar-refractivity contribution >= 4 is 73.4 Å². The number of hydrogen-bond donors (Lipinski definition) is 4. The van der Waals surface area contributed by atoms with Gasteiger partial charge in [0.25, 0.3) is 0 Å². The molecule has 0 unspecified atom stereocenters. The van der Waals surface area contributed by atoms with Gasteiger partial charge in [-0.2, -0.15) is 0 Å². The van der Waals surface area contributed by atoms with Crippen LogP contribution in [0.4, 0.5) is 17.1 Å². The summed E-state index contributed by atoms with van der Waals surface area (Å²) >= 11 is 6.70. The molecule has 54 heavy (non-hydrogen) atoms. The van der Waals surface area contributed by atoms with Gasteiger partial charge < -0.3 is 30.6 Å². The normalized spacial score (nSPS) is 11.3. The largest absolute Gasteiger partial charge is 0.477 e. The number of hydrogen-bond acceptors (Lipinski definition) is 10. The first-order chi connectivity index (χ1) is 26.2. The maximum absolute atomic E-state index is 14.0. The van der Waals surface area contributed by atoms with Crippen molar-refractivity contribution < 1.29 is 23.8 Å². The molecule has 11 nitrogen and oxygen atoms in total. The Balaban J connectivity index is 1.35. The van der Waals surface area contributed by atoms with Gasteiger partial charge in [0.2, 0.25) is 5.43 Å². The van der Waals surface area contributed by atoms with Crippen LogP contribution in [0.1, 0.15) is 32.0 Å². The van der Waals surface area contributed by atoms with Gasteiger partial charge in [-0.3, -0.25) is 9.78 Å². The molecule has 2 aromatic heterocycles. The van der Waals surface area contributed by atoms with Crippen LogP contribution in [0.25, 0.3) is 55.2 Å². The van der Waals surface area contributed by atoms with Gasteiger partial charge >= 0.3 is 11.9 Å². The van der Waals surface area contributed by atoms with Crippen LogP contribution in [-0.2, 0) is 17.8 Å². The number of nitrogens with two attached hydrogens (primary N) is 1. The van der Waals surface area contributed by atoms with Crippen molar-refractivity contribution in [1.29, 1.82) is 0 Å². The molecule has 266 valence electrons. The number of methoxy groups -OCH3 is 1. The maximum atomic E-state index is 14.0. The predicted molar refractivity (Wildman–Crippen MR) is 210 cm³/mol. The number of nitrogens with zero attached hydrogens (tertiary/aromatic N) is 2. The Morgan fingerprint density at radius 3 is 2.30 bits per heavy atom. The van der Waals surface area contributed by atoms with Gasteiger partial charge in [-0.05, 0) is 54.1 Å². The summed E-state index contributed by atoms with van der Waals surface area (Å²) in [5.41, 5.74) is 12.1. The number of rotatable bonds is 9. The molecule has 0 fully saturated rings. The Hall–Kier alpha value is -6.98. The number of carboxylic acids is 1. The van der Waals surface area contributed by atoms with E-state index in [1.165, 1.54) is 13.2 Å². The molecule has 0 amide bonds. The number of nitrogens with one attached hydrogen (secondary N) is 2. The quantitative estimate of drug-likeness (QED) is 0.0636. The number of halogens is 1. The fraction of sp³-hybridized carbons (Fsp3) is 0.0714. The van der Waals surface area contributed by atoms with E-state index in [2.05, 4.69) is 20.6 Å². The second-order valence-electron chi connectivity index (χ2n) is 12.5. The van der Waals surface area contributed by atoms with E-state index in [0.717, 1.165) is 16.6 Å². The van der Waals surface area contributed by atoms with Crippen LogP contribution in [0, 0.1) is 0 Å². The zero-order valence-corrected chi connectivity index (χ0v) is 29.4. The molecule has 0 saturated carbocycles. The minimum absolute atomic E-state index is 0.0596. The molecule has 2 aliphatic rings. The fourth-order valence-electron chi connectivity index (χ4n) is 6.82. The number of fused-ring (bicyclic) bond motifs is 4. The Morgan fingerprint density at radius 2 is 1.54 bits per heavy atom. The highest BCUT2D eigenvalue weighted by atomic mass is 35.5. The van der Waals surface area contributed by atoms with Crippen LogP contribution in [0.5, 0.6) is 0 Å². The standard InChI is InChI=1S/C42H30ClN5O6/c1-53-42(52)25-11-3-2-10-24(25)35-26-15-16-31(44)28(20-46-32-12-4-7-22-9-6-18-45-36(22)32)39(26)54-40-27(35)19-30(43)38(49)29(40)21-47-33-13-5-8-23-14-17-34(41(50)51)48-37(23)33/h2-19,46-47H,20-21,44H2,1H3,(H,50,51). The predicted octanol–water partition coefficient (Wildman–Crippen LogP) is 8.61. The van der Waals surface area contributed by atoms with E-state index in [1.54, 1.807) is 54.7 Å². The van der Waals surface area contributed by atoms with E-state index < -0.39 is 17.4 Å². The third kappa shape index (κ3) is 5.96. The number of para-hydroxylation sites is 2. The lowest BCUT2D eigenvalue weighted by molar-refractivity contribution is 0.0600. The number of anilines is 3. The lowest BCUT2D eigenvalue weighted by Crippen LogP contribution is -2.17. The topological polar surface area (TPSA) is 170 Å². The number of esters is 1. The van der Waals surface area contributed by atoms with E-state index in [0.29, 0.717) is 61.1 Å². The van der Waals surface area contributed by atoms with E-state index in [-0.39, 0.29) is 35.1 Å². The summed E-state index contributed by atoms with van der Waals surface area (Å²) in [6, 6.07) is 30.3. The van der Waals surface area contributed by atoms with Crippen LogP contribution in [0.3, 0.4) is 0 Å². The van der Waals surface area contributed by atoms with E-state index in [1.807, 2.05) is 48.5 Å². The summed E-state index contributed by atoms with van der Waals surface area (Å²) in [6.07, 6.45) is 1.73. The zero-order chi connectivity index (χ0) is 37.5. The number of aromatic carboxylic acids is 1. The first-order valence-electron chi connectivity index (χ1n) is 16.8. The number of carboxylic acid groups (broad SMARTS) is 1. The Kier molecular flexibility index (Phi) is 8.76. The summed E-state index contributed by atoms with van der Waals surface area (Å²) in [4.78, 5) is 47.8. The second-order valence-corrected chi connectivity index (χ2v) is 12.9. The fourth-order valence-corrected chi connectivity index (χ4v) is 7.04. The molecule has 6 aromatic rings. The first kappa shape index (κ1) is 34.1. The molecule has 0 saturated heterocycles. The smallest absolute Gasteiger partial charge is 0.354 e. The van der Waals surface area contributed by atoms with Gasteiger partial charge in [-0.1, -0.05) is 66.2 Å². The highest BCUT2D eigenvalue weighted by molar-refractivity contribution is 6.31. The van der Waals surface area contributed by atoms with Crippen LogP contribution < -0.4 is 21.8 Å². The molecule has 1 aliphatic heterocycles. The number of ether oxygens (including phenoxy) is 1. The van der Waals surface area contributed by atoms with Crippen molar-refractivity contribution in [3.05, 3.63) is 147 Å². The molecule has 12 heteroatoms. The van der Waals surface area contributed by atoms with Crippen molar-refractivity contribution in [3.8, 4) is 22.5 Å². The molecule has 8 rings (SSSR count). The van der Waals surface area contributed by atoms with E-state index in [4.69, 9.17) is 26.5 Å². The SMILES string of the molecule is COC(=O)c1ccccc1-c1c2cc(Cl)c(=O)c(CNc3cccc4ccc(C(=O)O)nc34)c-2oc2c(CNc3cccc4cccnc34)c(N)ccc12. The van der Waals surface area contributed by atoms with Crippen molar-refractivity contribution in [2.24, 2.45) is 0 Å². The average molecular weight is 736 g/mol. The van der Waals surface area contributed by atoms with Gasteiger partial charge in [0.05, 0.1) is 45.7 Å². The third-order valence-corrected chi connectivity index (χ3v) is 9.69. The Morgan fingerprint density at radius 1 is 0.833 bits per heavy atom. The number of pyridine rings is 2. The monoisotopic (exact) mass is 735 g/mol. The van der Waals surface area contributed by atoms with Crippen LogP contribution in [0.2, 0.25) is 5.02 Å². The number of nitrogen functional groups attached to an aromatic ring is 1. The van der Waals surface area contributed by atoms with Gasteiger partial charge in [-0.25, -0.2) is 14.6 Å².